The first kappa shape index (κ1) is 13.7. The number of nitrogens with two attached hydrogens (primary N) is 1. The predicted molar refractivity (Wildman–Crippen MR) is 72.0 cm³/mol. The van der Waals surface area contributed by atoms with Crippen molar-refractivity contribution in [1.29, 1.82) is 0 Å². The van der Waals surface area contributed by atoms with Crippen LogP contribution in [0.4, 0.5) is 0 Å². The van der Waals surface area contributed by atoms with E-state index in [2.05, 4.69) is 4.74 Å². The van der Waals surface area contributed by atoms with Crippen molar-refractivity contribution in [2.75, 3.05) is 7.11 Å². The highest BCUT2D eigenvalue weighted by Gasteiger charge is 2.22. The number of methoxy groups -OCH3 is 1. The zero-order valence-corrected chi connectivity index (χ0v) is 11.3. The summed E-state index contributed by atoms with van der Waals surface area (Å²) in [6.07, 6.45) is 1.81. The summed E-state index contributed by atoms with van der Waals surface area (Å²) < 4.78 is 4.59. The van der Waals surface area contributed by atoms with Gasteiger partial charge in [0.15, 0.2) is 5.78 Å². The summed E-state index contributed by atoms with van der Waals surface area (Å²) in [6, 6.07) is 5.87. The van der Waals surface area contributed by atoms with Gasteiger partial charge in [0.05, 0.1) is 13.5 Å². The van der Waals surface area contributed by atoms with Gasteiger partial charge in [-0.05, 0) is 30.0 Å². The molecule has 0 saturated heterocycles. The van der Waals surface area contributed by atoms with Crippen molar-refractivity contribution in [3.8, 4) is 0 Å². The van der Waals surface area contributed by atoms with Gasteiger partial charge in [0.2, 0.25) is 0 Å². The van der Waals surface area contributed by atoms with Crippen LogP contribution in [0.25, 0.3) is 0 Å². The van der Waals surface area contributed by atoms with Gasteiger partial charge < -0.3 is 10.5 Å². The van der Waals surface area contributed by atoms with E-state index in [0.29, 0.717) is 5.56 Å². The third kappa shape index (κ3) is 3.01. The SMILES string of the molecule is COC(=O)CC(C)C(=O)c1ccc2c(c1)CC(N)C2. The minimum absolute atomic E-state index is 0.0197. The second-order valence-corrected chi connectivity index (χ2v) is 5.20. The molecule has 1 aliphatic rings. The van der Waals surface area contributed by atoms with E-state index < -0.39 is 0 Å². The Labute approximate surface area is 112 Å². The maximum absolute atomic E-state index is 12.2. The molecule has 0 bridgehead atoms. The number of carbonyl (C=O) groups excluding carboxylic acids is 2. The van der Waals surface area contributed by atoms with Crippen molar-refractivity contribution >= 4 is 11.8 Å². The van der Waals surface area contributed by atoms with E-state index >= 15 is 0 Å². The molecule has 102 valence electrons. The Morgan fingerprint density at radius 2 is 2.05 bits per heavy atom. The van der Waals surface area contributed by atoms with Gasteiger partial charge in [0.25, 0.3) is 0 Å². The van der Waals surface area contributed by atoms with Crippen LogP contribution in [-0.4, -0.2) is 24.9 Å². The fourth-order valence-corrected chi connectivity index (χ4v) is 2.52. The van der Waals surface area contributed by atoms with Crippen LogP contribution in [-0.2, 0) is 22.4 Å². The van der Waals surface area contributed by atoms with Gasteiger partial charge in [0.1, 0.15) is 0 Å². The number of esters is 1. The monoisotopic (exact) mass is 261 g/mol. The molecule has 0 fully saturated rings. The molecule has 4 nitrogen and oxygen atoms in total. The average Bonchev–Trinajstić information content (AvgIpc) is 2.76. The molecule has 2 N–H and O–H groups in total. The van der Waals surface area contributed by atoms with Crippen LogP contribution in [0, 0.1) is 5.92 Å². The molecule has 2 atom stereocenters. The number of hydrogen-bond acceptors (Lipinski definition) is 4. The molecule has 1 aliphatic carbocycles. The number of hydrogen-bond donors (Lipinski definition) is 1. The average molecular weight is 261 g/mol. The van der Waals surface area contributed by atoms with Crippen molar-refractivity contribution in [3.63, 3.8) is 0 Å². The van der Waals surface area contributed by atoms with Gasteiger partial charge in [-0.15, -0.1) is 0 Å². The fourth-order valence-electron chi connectivity index (χ4n) is 2.52. The molecule has 2 unspecified atom stereocenters. The number of fused-ring (bicyclic) bond motifs is 1. The normalized spacial score (nSPS) is 18.8. The van der Waals surface area contributed by atoms with Crippen molar-refractivity contribution in [1.82, 2.24) is 0 Å². The van der Waals surface area contributed by atoms with Gasteiger partial charge in [-0.3, -0.25) is 9.59 Å². The van der Waals surface area contributed by atoms with Crippen molar-refractivity contribution in [2.24, 2.45) is 11.7 Å². The maximum atomic E-state index is 12.2. The number of carbonyl (C=O) groups is 2. The van der Waals surface area contributed by atoms with Crippen molar-refractivity contribution in [3.05, 3.63) is 34.9 Å². The summed E-state index contributed by atoms with van der Waals surface area (Å²) in [7, 11) is 1.33. The number of benzene rings is 1. The Morgan fingerprint density at radius 1 is 1.37 bits per heavy atom. The summed E-state index contributed by atoms with van der Waals surface area (Å²) >= 11 is 0. The lowest BCUT2D eigenvalue weighted by atomic mass is 9.94. The Balaban J connectivity index is 2.12. The Kier molecular flexibility index (Phi) is 4.00. The van der Waals surface area contributed by atoms with Crippen molar-refractivity contribution < 1.29 is 14.3 Å². The fraction of sp³-hybridized carbons (Fsp3) is 0.467. The highest BCUT2D eigenvalue weighted by atomic mass is 16.5. The van der Waals surface area contributed by atoms with Crippen LogP contribution < -0.4 is 5.73 Å². The van der Waals surface area contributed by atoms with Crippen LogP contribution >= 0.6 is 0 Å². The van der Waals surface area contributed by atoms with Crippen LogP contribution in [0.15, 0.2) is 18.2 Å². The minimum Gasteiger partial charge on any atom is -0.469 e. The largest absolute Gasteiger partial charge is 0.469 e. The van der Waals surface area contributed by atoms with Crippen LogP contribution in [0.2, 0.25) is 0 Å². The Morgan fingerprint density at radius 3 is 2.74 bits per heavy atom. The first-order valence-corrected chi connectivity index (χ1v) is 6.49. The summed E-state index contributed by atoms with van der Waals surface area (Å²) in [5.41, 5.74) is 8.95. The van der Waals surface area contributed by atoms with Crippen molar-refractivity contribution in [2.45, 2.75) is 32.2 Å². The summed E-state index contributed by atoms with van der Waals surface area (Å²) in [6.45, 7) is 1.75. The predicted octanol–water partition coefficient (Wildman–Crippen LogP) is 1.49. The third-order valence-electron chi connectivity index (χ3n) is 3.60. The molecule has 1 aromatic rings. The first-order valence-electron chi connectivity index (χ1n) is 6.49. The van der Waals surface area contributed by atoms with E-state index in [1.54, 1.807) is 6.92 Å². The van der Waals surface area contributed by atoms with Gasteiger partial charge in [-0.25, -0.2) is 0 Å². The smallest absolute Gasteiger partial charge is 0.306 e. The molecule has 0 aromatic heterocycles. The quantitative estimate of drug-likeness (QED) is 0.658. The molecule has 1 aromatic carbocycles. The molecule has 2 rings (SSSR count). The van der Waals surface area contributed by atoms with Gasteiger partial charge >= 0.3 is 5.97 Å². The summed E-state index contributed by atoms with van der Waals surface area (Å²) in [4.78, 5) is 23.4. The molecule has 0 amide bonds. The Hall–Kier alpha value is -1.68. The second-order valence-electron chi connectivity index (χ2n) is 5.20. The van der Waals surface area contributed by atoms with E-state index in [-0.39, 0.29) is 30.1 Å². The minimum atomic E-state index is -0.361. The lowest BCUT2D eigenvalue weighted by Crippen LogP contribution is -2.19. The molecule has 4 heteroatoms. The molecule has 19 heavy (non-hydrogen) atoms. The number of rotatable bonds is 4. The third-order valence-corrected chi connectivity index (χ3v) is 3.60. The first-order chi connectivity index (χ1) is 9.01. The van der Waals surface area contributed by atoms with Crippen LogP contribution in [0.1, 0.15) is 34.8 Å². The van der Waals surface area contributed by atoms with Crippen LogP contribution in [0.5, 0.6) is 0 Å². The maximum Gasteiger partial charge on any atom is 0.306 e. The lowest BCUT2D eigenvalue weighted by Gasteiger charge is -2.10. The molecule has 0 radical (unpaired) electrons. The van der Waals surface area contributed by atoms with Gasteiger partial charge in [-0.2, -0.15) is 0 Å². The number of Topliss-reactive ketones (excluding diaryl/α,β-unsaturated/α-hetero) is 1. The molecule has 0 aliphatic heterocycles. The van der Waals surface area contributed by atoms with Gasteiger partial charge in [-0.1, -0.05) is 19.1 Å². The second kappa shape index (κ2) is 5.53. The lowest BCUT2D eigenvalue weighted by molar-refractivity contribution is -0.141. The number of ether oxygens (including phenoxy) is 1. The molecular formula is C15H19NO3. The zero-order chi connectivity index (χ0) is 14.0. The molecule has 0 heterocycles. The zero-order valence-electron chi connectivity index (χ0n) is 11.3. The molecule has 0 spiro atoms. The Bertz CT molecular complexity index is 510. The summed E-state index contributed by atoms with van der Waals surface area (Å²) in [5, 5.41) is 0. The van der Waals surface area contributed by atoms with E-state index in [9.17, 15) is 9.59 Å². The standard InChI is InChI=1S/C15H19NO3/c1-9(5-14(17)19-2)15(18)11-4-3-10-7-13(16)8-12(10)6-11/h3-4,6,9,13H,5,7-8,16H2,1-2H3. The highest BCUT2D eigenvalue weighted by molar-refractivity contribution is 5.99. The van der Waals surface area contributed by atoms with E-state index in [0.717, 1.165) is 18.4 Å². The number of ketones is 1. The molecular weight excluding hydrogens is 242 g/mol. The van der Waals surface area contributed by atoms with E-state index in [4.69, 9.17) is 5.73 Å². The topological polar surface area (TPSA) is 69.4 Å². The molecule has 0 saturated carbocycles. The van der Waals surface area contributed by atoms with E-state index in [1.165, 1.54) is 12.7 Å². The van der Waals surface area contributed by atoms with E-state index in [1.807, 2.05) is 18.2 Å². The summed E-state index contributed by atoms with van der Waals surface area (Å²) in [5.74, 6) is -0.738. The highest BCUT2D eigenvalue weighted by Crippen LogP contribution is 2.24. The van der Waals surface area contributed by atoms with Gasteiger partial charge in [0, 0.05) is 17.5 Å². The van der Waals surface area contributed by atoms with Crippen LogP contribution in [0.3, 0.4) is 0 Å².